The summed E-state index contributed by atoms with van der Waals surface area (Å²) in [4.78, 5) is 12.4. The lowest BCUT2D eigenvalue weighted by Crippen LogP contribution is -2.28. The Bertz CT molecular complexity index is 760. The van der Waals surface area contributed by atoms with Crippen LogP contribution in [-0.2, 0) is 11.2 Å². The summed E-state index contributed by atoms with van der Waals surface area (Å²) < 4.78 is 21.0. The first kappa shape index (κ1) is 19.4. The van der Waals surface area contributed by atoms with E-state index in [9.17, 15) is 4.79 Å². The van der Waals surface area contributed by atoms with Gasteiger partial charge in [0.1, 0.15) is 0 Å². The molecule has 0 fully saturated rings. The van der Waals surface area contributed by atoms with Crippen molar-refractivity contribution in [3.63, 3.8) is 0 Å². The number of nitrogens with one attached hydrogen (secondary N) is 1. The van der Waals surface area contributed by atoms with Crippen LogP contribution in [0.15, 0.2) is 36.4 Å². The van der Waals surface area contributed by atoms with Crippen molar-refractivity contribution in [2.45, 2.75) is 19.4 Å². The molecule has 0 aromatic heterocycles. The lowest BCUT2D eigenvalue weighted by molar-refractivity contribution is -0.121. The van der Waals surface area contributed by atoms with Crippen LogP contribution in [0.3, 0.4) is 0 Å². The van der Waals surface area contributed by atoms with Crippen molar-refractivity contribution in [1.82, 2.24) is 5.32 Å². The molecule has 2 rings (SSSR count). The molecule has 1 atom stereocenters. The van der Waals surface area contributed by atoms with Gasteiger partial charge >= 0.3 is 0 Å². The van der Waals surface area contributed by atoms with E-state index in [1.165, 1.54) is 0 Å². The van der Waals surface area contributed by atoms with Crippen LogP contribution >= 0.6 is 0 Å². The minimum absolute atomic E-state index is 0.0838. The van der Waals surface area contributed by atoms with Gasteiger partial charge in [-0.25, -0.2) is 0 Å². The summed E-state index contributed by atoms with van der Waals surface area (Å²) in [5, 5.41) is 2.99. The Labute approximate surface area is 154 Å². The summed E-state index contributed by atoms with van der Waals surface area (Å²) in [6, 6.07) is 10.9. The van der Waals surface area contributed by atoms with E-state index in [0.717, 1.165) is 11.1 Å². The van der Waals surface area contributed by atoms with Crippen molar-refractivity contribution in [3.05, 3.63) is 47.5 Å². The van der Waals surface area contributed by atoms with E-state index >= 15 is 0 Å². The maximum absolute atomic E-state index is 12.4. The van der Waals surface area contributed by atoms with E-state index in [4.69, 9.17) is 18.9 Å². The maximum Gasteiger partial charge on any atom is 0.224 e. The summed E-state index contributed by atoms with van der Waals surface area (Å²) in [7, 11) is 6.32. The number of rotatable bonds is 8. The normalized spacial score (nSPS) is 11.4. The van der Waals surface area contributed by atoms with Crippen molar-refractivity contribution in [2.24, 2.45) is 0 Å². The number of ether oxygens (including phenoxy) is 4. The van der Waals surface area contributed by atoms with Gasteiger partial charge < -0.3 is 24.3 Å². The zero-order chi connectivity index (χ0) is 19.1. The molecule has 0 radical (unpaired) electrons. The van der Waals surface area contributed by atoms with Crippen LogP contribution in [0.4, 0.5) is 0 Å². The molecule has 140 valence electrons. The average molecular weight is 359 g/mol. The van der Waals surface area contributed by atoms with Crippen molar-refractivity contribution in [1.29, 1.82) is 0 Å². The van der Waals surface area contributed by atoms with Gasteiger partial charge in [0, 0.05) is 0 Å². The van der Waals surface area contributed by atoms with Gasteiger partial charge in [0.05, 0.1) is 40.9 Å². The zero-order valence-electron chi connectivity index (χ0n) is 15.8. The standard InChI is InChI=1S/C20H25NO5/c1-13(15-7-9-17(24-3)19(12-15)26-5)21-20(22)11-14-6-8-16(23-2)18(10-14)25-4/h6-10,12-13H,11H2,1-5H3,(H,21,22)/t13-/m0/s1. The minimum atomic E-state index is -0.164. The van der Waals surface area contributed by atoms with Crippen LogP contribution in [0, 0.1) is 0 Å². The first-order valence-corrected chi connectivity index (χ1v) is 8.24. The largest absolute Gasteiger partial charge is 0.493 e. The number of benzene rings is 2. The number of hydrogen-bond acceptors (Lipinski definition) is 5. The van der Waals surface area contributed by atoms with E-state index in [1.807, 2.05) is 31.2 Å². The highest BCUT2D eigenvalue weighted by Gasteiger charge is 2.14. The monoisotopic (exact) mass is 359 g/mol. The van der Waals surface area contributed by atoms with Crippen molar-refractivity contribution >= 4 is 5.91 Å². The lowest BCUT2D eigenvalue weighted by atomic mass is 10.1. The SMILES string of the molecule is COc1ccc(CC(=O)N[C@@H](C)c2ccc(OC)c(OC)c2)cc1OC. The summed E-state index contributed by atoms with van der Waals surface area (Å²) in [5.41, 5.74) is 1.78. The second-order valence-corrected chi connectivity index (χ2v) is 5.77. The van der Waals surface area contributed by atoms with Crippen molar-refractivity contribution in [2.75, 3.05) is 28.4 Å². The highest BCUT2D eigenvalue weighted by atomic mass is 16.5. The summed E-state index contributed by atoms with van der Waals surface area (Å²) >= 11 is 0. The second-order valence-electron chi connectivity index (χ2n) is 5.77. The maximum atomic E-state index is 12.4. The van der Waals surface area contributed by atoms with Gasteiger partial charge in [-0.2, -0.15) is 0 Å². The van der Waals surface area contributed by atoms with Crippen molar-refractivity contribution in [3.8, 4) is 23.0 Å². The van der Waals surface area contributed by atoms with E-state index < -0.39 is 0 Å². The van der Waals surface area contributed by atoms with Crippen LogP contribution in [0.1, 0.15) is 24.1 Å². The van der Waals surface area contributed by atoms with Gasteiger partial charge in [-0.05, 0) is 42.3 Å². The van der Waals surface area contributed by atoms with Crippen LogP contribution in [0.2, 0.25) is 0 Å². The molecule has 0 bridgehead atoms. The summed E-state index contributed by atoms with van der Waals surface area (Å²) in [6.45, 7) is 1.92. The molecule has 6 nitrogen and oxygen atoms in total. The predicted molar refractivity (Wildman–Crippen MR) is 99.4 cm³/mol. The van der Waals surface area contributed by atoms with Crippen LogP contribution in [0.25, 0.3) is 0 Å². The smallest absolute Gasteiger partial charge is 0.224 e. The molecule has 0 saturated heterocycles. The predicted octanol–water partition coefficient (Wildman–Crippen LogP) is 3.14. The van der Waals surface area contributed by atoms with Gasteiger partial charge in [0.15, 0.2) is 23.0 Å². The number of amides is 1. The number of carbonyl (C=O) groups is 1. The van der Waals surface area contributed by atoms with E-state index in [2.05, 4.69) is 5.32 Å². The molecular formula is C20H25NO5. The van der Waals surface area contributed by atoms with Crippen LogP contribution in [0.5, 0.6) is 23.0 Å². The average Bonchev–Trinajstić information content (AvgIpc) is 2.66. The molecule has 26 heavy (non-hydrogen) atoms. The third-order valence-electron chi connectivity index (χ3n) is 4.10. The quantitative estimate of drug-likeness (QED) is 0.784. The van der Waals surface area contributed by atoms with E-state index in [0.29, 0.717) is 23.0 Å². The molecule has 0 unspecified atom stereocenters. The minimum Gasteiger partial charge on any atom is -0.493 e. The fourth-order valence-corrected chi connectivity index (χ4v) is 2.67. The Morgan fingerprint density at radius 2 is 1.38 bits per heavy atom. The molecule has 0 aliphatic carbocycles. The second kappa shape index (κ2) is 8.99. The Balaban J connectivity index is 2.05. The third-order valence-corrected chi connectivity index (χ3v) is 4.10. The molecule has 2 aromatic carbocycles. The van der Waals surface area contributed by atoms with Gasteiger partial charge in [0.25, 0.3) is 0 Å². The van der Waals surface area contributed by atoms with Crippen LogP contribution < -0.4 is 24.3 Å². The van der Waals surface area contributed by atoms with Gasteiger partial charge in [-0.15, -0.1) is 0 Å². The first-order valence-electron chi connectivity index (χ1n) is 8.24. The molecular weight excluding hydrogens is 334 g/mol. The van der Waals surface area contributed by atoms with E-state index in [-0.39, 0.29) is 18.4 Å². The van der Waals surface area contributed by atoms with Crippen molar-refractivity contribution < 1.29 is 23.7 Å². The molecule has 6 heteroatoms. The molecule has 0 spiro atoms. The summed E-state index contributed by atoms with van der Waals surface area (Å²) in [5.74, 6) is 2.44. The molecule has 2 aromatic rings. The van der Waals surface area contributed by atoms with E-state index in [1.54, 1.807) is 40.6 Å². The topological polar surface area (TPSA) is 66.0 Å². The molecule has 1 amide bonds. The number of hydrogen-bond donors (Lipinski definition) is 1. The van der Waals surface area contributed by atoms with Gasteiger partial charge in [0.2, 0.25) is 5.91 Å². The molecule has 0 saturated carbocycles. The Morgan fingerprint density at radius 3 is 1.96 bits per heavy atom. The Hall–Kier alpha value is -2.89. The molecule has 0 aliphatic heterocycles. The fourth-order valence-electron chi connectivity index (χ4n) is 2.67. The lowest BCUT2D eigenvalue weighted by Gasteiger charge is -2.17. The Morgan fingerprint density at radius 1 is 0.846 bits per heavy atom. The highest BCUT2D eigenvalue weighted by Crippen LogP contribution is 2.30. The molecule has 0 heterocycles. The number of methoxy groups -OCH3 is 4. The Kier molecular flexibility index (Phi) is 6.72. The third kappa shape index (κ3) is 4.59. The zero-order valence-corrected chi connectivity index (χ0v) is 15.8. The number of carbonyl (C=O) groups excluding carboxylic acids is 1. The molecule has 0 aliphatic rings. The highest BCUT2D eigenvalue weighted by molar-refractivity contribution is 5.79. The first-order chi connectivity index (χ1) is 12.5. The van der Waals surface area contributed by atoms with Gasteiger partial charge in [-0.1, -0.05) is 12.1 Å². The van der Waals surface area contributed by atoms with Gasteiger partial charge in [-0.3, -0.25) is 4.79 Å². The van der Waals surface area contributed by atoms with Crippen LogP contribution in [-0.4, -0.2) is 34.3 Å². The summed E-state index contributed by atoms with van der Waals surface area (Å²) in [6.07, 6.45) is 0.248. The fraction of sp³-hybridized carbons (Fsp3) is 0.350. The molecule has 1 N–H and O–H groups in total.